The number of hydrogen-bond donors (Lipinski definition) is 0. The van der Waals surface area contributed by atoms with E-state index in [9.17, 15) is 0 Å². The van der Waals surface area contributed by atoms with Crippen LogP contribution in [0.25, 0.3) is 10.8 Å². The molecule has 106 valence electrons. The molecule has 0 bridgehead atoms. The monoisotopic (exact) mass is 490 g/mol. The number of fused-ring (bicyclic) bond motifs is 1. The van der Waals surface area contributed by atoms with Crippen molar-refractivity contribution in [3.8, 4) is 0 Å². The Hall–Kier alpha value is -0.290. The van der Waals surface area contributed by atoms with Crippen molar-refractivity contribution in [3.63, 3.8) is 0 Å². The molecule has 0 radical (unpaired) electrons. The highest BCUT2D eigenvalue weighted by atomic mass is 127. The first-order valence-corrected chi connectivity index (χ1v) is 9.09. The quantitative estimate of drug-likeness (QED) is 0.262. The van der Waals surface area contributed by atoms with Crippen LogP contribution in [0.3, 0.4) is 0 Å². The summed E-state index contributed by atoms with van der Waals surface area (Å²) in [5, 5.41) is 3.77. The van der Waals surface area contributed by atoms with E-state index in [4.69, 9.17) is 23.2 Å². The van der Waals surface area contributed by atoms with Crippen LogP contribution >= 0.6 is 61.7 Å². The number of benzene rings is 3. The van der Waals surface area contributed by atoms with E-state index in [1.807, 2.05) is 36.4 Å². The van der Waals surface area contributed by atoms with Gasteiger partial charge in [-0.1, -0.05) is 75.5 Å². The van der Waals surface area contributed by atoms with Crippen LogP contribution in [0.2, 0.25) is 10.0 Å². The van der Waals surface area contributed by atoms with Crippen LogP contribution < -0.4 is 0 Å². The third-order valence-electron chi connectivity index (χ3n) is 3.41. The van der Waals surface area contributed by atoms with Crippen LogP contribution in [0.4, 0.5) is 0 Å². The molecule has 0 nitrogen and oxygen atoms in total. The average Bonchev–Trinajstić information content (AvgIpc) is 2.50. The first-order valence-electron chi connectivity index (χ1n) is 6.34. The van der Waals surface area contributed by atoms with Crippen molar-refractivity contribution in [2.24, 2.45) is 0 Å². The van der Waals surface area contributed by atoms with Gasteiger partial charge in [0.15, 0.2) is 0 Å². The summed E-state index contributed by atoms with van der Waals surface area (Å²) in [5.74, 6) is 0. The first-order chi connectivity index (χ1) is 10.1. The summed E-state index contributed by atoms with van der Waals surface area (Å²) < 4.78 is 1.05. The maximum atomic E-state index is 6.29. The molecule has 21 heavy (non-hydrogen) atoms. The van der Waals surface area contributed by atoms with E-state index in [-0.39, 0.29) is 4.83 Å². The molecule has 0 aliphatic carbocycles. The molecule has 3 aromatic carbocycles. The second-order valence-corrected chi connectivity index (χ2v) is 7.61. The fourth-order valence-corrected chi connectivity index (χ4v) is 3.79. The van der Waals surface area contributed by atoms with Crippen LogP contribution in [-0.2, 0) is 0 Å². The predicted molar refractivity (Wildman–Crippen MR) is 104 cm³/mol. The van der Waals surface area contributed by atoms with Crippen molar-refractivity contribution in [1.29, 1.82) is 0 Å². The van der Waals surface area contributed by atoms with Gasteiger partial charge in [0.25, 0.3) is 0 Å². The van der Waals surface area contributed by atoms with E-state index in [1.54, 1.807) is 0 Å². The molecule has 0 N–H and O–H groups in total. The maximum absolute atomic E-state index is 6.29. The van der Waals surface area contributed by atoms with Gasteiger partial charge in [-0.3, -0.25) is 0 Å². The first kappa shape index (κ1) is 15.6. The Morgan fingerprint density at radius 3 is 2.29 bits per heavy atom. The number of alkyl halides is 1. The smallest absolute Gasteiger partial charge is 0.0651 e. The minimum Gasteiger partial charge on any atom is -0.0837 e. The molecule has 0 spiro atoms. The molecule has 0 aliphatic rings. The fraction of sp³-hybridized carbons (Fsp3) is 0.0588. The molecule has 3 aromatic rings. The van der Waals surface area contributed by atoms with Crippen LogP contribution in [0, 0.1) is 3.57 Å². The lowest BCUT2D eigenvalue weighted by atomic mass is 9.98. The van der Waals surface area contributed by atoms with Crippen molar-refractivity contribution in [2.45, 2.75) is 4.83 Å². The topological polar surface area (TPSA) is 0 Å². The van der Waals surface area contributed by atoms with Crippen molar-refractivity contribution < 1.29 is 0 Å². The van der Waals surface area contributed by atoms with Crippen LogP contribution in [0.1, 0.15) is 16.0 Å². The number of hydrogen-bond acceptors (Lipinski definition) is 0. The van der Waals surface area contributed by atoms with Gasteiger partial charge in [-0.15, -0.1) is 0 Å². The zero-order valence-electron chi connectivity index (χ0n) is 10.8. The van der Waals surface area contributed by atoms with Gasteiger partial charge in [0.1, 0.15) is 0 Å². The zero-order valence-corrected chi connectivity index (χ0v) is 16.0. The maximum Gasteiger partial charge on any atom is 0.0651 e. The Morgan fingerprint density at radius 1 is 0.857 bits per heavy atom. The Balaban J connectivity index is 2.15. The van der Waals surface area contributed by atoms with E-state index in [1.165, 1.54) is 5.56 Å². The molecule has 4 heteroatoms. The lowest BCUT2D eigenvalue weighted by Crippen LogP contribution is -1.95. The fourth-order valence-electron chi connectivity index (χ4n) is 2.36. The Labute approximate surface area is 155 Å². The van der Waals surface area contributed by atoms with Crippen molar-refractivity contribution in [2.75, 3.05) is 0 Å². The molecule has 1 unspecified atom stereocenters. The largest absolute Gasteiger partial charge is 0.0837 e. The summed E-state index contributed by atoms with van der Waals surface area (Å²) in [5.41, 5.74) is 2.32. The molecule has 3 rings (SSSR count). The molecule has 0 fully saturated rings. The lowest BCUT2D eigenvalue weighted by Gasteiger charge is -2.15. The highest BCUT2D eigenvalue weighted by Gasteiger charge is 2.15. The highest BCUT2D eigenvalue weighted by molar-refractivity contribution is 14.1. The van der Waals surface area contributed by atoms with E-state index in [2.05, 4.69) is 56.7 Å². The average molecular weight is 492 g/mol. The molecule has 1 atom stereocenters. The van der Waals surface area contributed by atoms with Gasteiger partial charge in [0.05, 0.1) is 9.85 Å². The molecule has 0 saturated carbocycles. The third-order valence-corrected chi connectivity index (χ3v) is 6.34. The molecule has 0 aromatic heterocycles. The van der Waals surface area contributed by atoms with E-state index < -0.39 is 0 Å². The van der Waals surface area contributed by atoms with Gasteiger partial charge in [-0.25, -0.2) is 0 Å². The standard InChI is InChI=1S/C17H10BrCl2I/c18-17(10-5-8-16(21)15(20)9-10)13-6-7-14(19)12-4-2-1-3-11(12)13/h1-9,17H. The molecule has 0 heterocycles. The molecular formula is C17H10BrCl2I. The normalized spacial score (nSPS) is 12.6. The highest BCUT2D eigenvalue weighted by Crippen LogP contribution is 2.38. The molecular weight excluding hydrogens is 482 g/mol. The van der Waals surface area contributed by atoms with Crippen molar-refractivity contribution >= 4 is 72.5 Å². The van der Waals surface area contributed by atoms with Gasteiger partial charge < -0.3 is 0 Å². The Morgan fingerprint density at radius 2 is 1.57 bits per heavy atom. The van der Waals surface area contributed by atoms with Gasteiger partial charge in [0.2, 0.25) is 0 Å². The number of rotatable bonds is 2. The Kier molecular flexibility index (Phi) is 4.79. The van der Waals surface area contributed by atoms with Gasteiger partial charge >= 0.3 is 0 Å². The van der Waals surface area contributed by atoms with E-state index in [0.717, 1.165) is 30.0 Å². The Bertz CT molecular complexity index is 817. The van der Waals surface area contributed by atoms with Gasteiger partial charge in [-0.05, 0) is 57.3 Å². The number of halogens is 4. The molecule has 0 aliphatic heterocycles. The molecule has 0 saturated heterocycles. The van der Waals surface area contributed by atoms with E-state index >= 15 is 0 Å². The lowest BCUT2D eigenvalue weighted by molar-refractivity contribution is 1.20. The molecule has 0 amide bonds. The predicted octanol–water partition coefficient (Wildman–Crippen LogP) is 7.24. The second kappa shape index (κ2) is 6.45. The van der Waals surface area contributed by atoms with E-state index in [0.29, 0.717) is 0 Å². The third kappa shape index (κ3) is 3.09. The summed E-state index contributed by atoms with van der Waals surface area (Å²) >= 11 is 18.6. The van der Waals surface area contributed by atoms with Crippen LogP contribution in [0.15, 0.2) is 54.6 Å². The van der Waals surface area contributed by atoms with Gasteiger partial charge in [0, 0.05) is 14.0 Å². The van der Waals surface area contributed by atoms with Crippen LogP contribution in [0.5, 0.6) is 0 Å². The minimum absolute atomic E-state index is 0.0779. The van der Waals surface area contributed by atoms with Crippen molar-refractivity contribution in [1.82, 2.24) is 0 Å². The summed E-state index contributed by atoms with van der Waals surface area (Å²) in [6, 6.07) is 18.3. The zero-order chi connectivity index (χ0) is 15.0. The van der Waals surface area contributed by atoms with Crippen molar-refractivity contribution in [3.05, 3.63) is 79.3 Å². The summed E-state index contributed by atoms with van der Waals surface area (Å²) in [7, 11) is 0. The summed E-state index contributed by atoms with van der Waals surface area (Å²) in [4.78, 5) is 0.0779. The minimum atomic E-state index is 0.0779. The SMILES string of the molecule is Clc1cc(C(Br)c2ccc(Cl)c3ccccc23)ccc1I. The second-order valence-electron chi connectivity index (χ2n) is 4.72. The van der Waals surface area contributed by atoms with Crippen LogP contribution in [-0.4, -0.2) is 0 Å². The summed E-state index contributed by atoms with van der Waals surface area (Å²) in [6.45, 7) is 0. The van der Waals surface area contributed by atoms with Gasteiger partial charge in [-0.2, -0.15) is 0 Å². The summed E-state index contributed by atoms with van der Waals surface area (Å²) in [6.07, 6.45) is 0.